The first-order chi connectivity index (χ1) is 9.96. The molecule has 3 atom stereocenters. The fourth-order valence-electron chi connectivity index (χ4n) is 2.42. The number of aliphatic imine (C=N–C) groups is 2. The van der Waals surface area contributed by atoms with Gasteiger partial charge in [-0.3, -0.25) is 0 Å². The summed E-state index contributed by atoms with van der Waals surface area (Å²) in [5.41, 5.74) is 0. The fraction of sp³-hybridized carbons (Fsp3) is 0.867. The summed E-state index contributed by atoms with van der Waals surface area (Å²) in [6, 6.07) is -0.211. The smallest absolute Gasteiger partial charge is 0.214 e. The number of nitrogens with zero attached hydrogens (tertiary/aromatic N) is 2. The number of aliphatic hydroxyl groups excluding tert-OH is 1. The second kappa shape index (κ2) is 8.63. The number of aliphatic hydroxyl groups is 1. The van der Waals surface area contributed by atoms with Crippen LogP contribution in [0.2, 0.25) is 0 Å². The minimum Gasteiger partial charge on any atom is -0.483 e. The van der Waals surface area contributed by atoms with Crippen LogP contribution in [0.4, 0.5) is 0 Å². The Labute approximate surface area is 132 Å². The van der Waals surface area contributed by atoms with Crippen molar-refractivity contribution in [2.45, 2.75) is 45.0 Å². The van der Waals surface area contributed by atoms with Gasteiger partial charge in [0.05, 0.1) is 20.8 Å². The summed E-state index contributed by atoms with van der Waals surface area (Å²) >= 11 is 1.17. The summed E-state index contributed by atoms with van der Waals surface area (Å²) < 4.78 is 11.0. The fourth-order valence-corrected chi connectivity index (χ4v) is 3.65. The highest BCUT2D eigenvalue weighted by molar-refractivity contribution is 7.79. The van der Waals surface area contributed by atoms with Gasteiger partial charge in [0.25, 0.3) is 0 Å². The van der Waals surface area contributed by atoms with Gasteiger partial charge in [0.15, 0.2) is 6.04 Å². The topological polar surface area (TPSA) is 63.4 Å². The first-order valence-corrected chi connectivity index (χ1v) is 8.61. The van der Waals surface area contributed by atoms with E-state index in [2.05, 4.69) is 27.7 Å². The van der Waals surface area contributed by atoms with Gasteiger partial charge in [0.1, 0.15) is 17.0 Å². The molecular weight excluding hydrogens is 288 g/mol. The van der Waals surface area contributed by atoms with Gasteiger partial charge in [-0.2, -0.15) is 0 Å². The van der Waals surface area contributed by atoms with Crippen LogP contribution in [0.15, 0.2) is 9.98 Å². The third kappa shape index (κ3) is 4.61. The van der Waals surface area contributed by atoms with Crippen molar-refractivity contribution in [1.29, 1.82) is 0 Å². The van der Waals surface area contributed by atoms with E-state index < -0.39 is 0 Å². The van der Waals surface area contributed by atoms with Gasteiger partial charge in [-0.15, -0.1) is 0 Å². The second-order valence-electron chi connectivity index (χ2n) is 5.84. The van der Waals surface area contributed by atoms with Crippen molar-refractivity contribution in [3.05, 3.63) is 0 Å². The third-order valence-corrected chi connectivity index (χ3v) is 5.29. The second-order valence-corrected chi connectivity index (χ2v) is 7.25. The number of thiol groups is 1. The molecule has 0 fully saturated rings. The number of methoxy groups -OCH3 is 2. The minimum atomic E-state index is -0.131. The van der Waals surface area contributed by atoms with Crippen LogP contribution in [0.5, 0.6) is 0 Å². The highest BCUT2D eigenvalue weighted by Crippen LogP contribution is 2.23. The van der Waals surface area contributed by atoms with E-state index in [0.717, 1.165) is 5.75 Å². The lowest BCUT2D eigenvalue weighted by atomic mass is 9.99. The van der Waals surface area contributed by atoms with Crippen molar-refractivity contribution < 1.29 is 14.6 Å². The quantitative estimate of drug-likeness (QED) is 0.593. The molecular formula is C15H29N2O3S+. The molecule has 0 aliphatic carbocycles. The molecule has 0 radical (unpaired) electrons. The van der Waals surface area contributed by atoms with Crippen LogP contribution in [0.25, 0.3) is 0 Å². The third-order valence-electron chi connectivity index (χ3n) is 3.53. The van der Waals surface area contributed by atoms with Gasteiger partial charge >= 0.3 is 0 Å². The van der Waals surface area contributed by atoms with Gasteiger partial charge < -0.3 is 14.6 Å². The average molecular weight is 317 g/mol. The van der Waals surface area contributed by atoms with Gasteiger partial charge in [0.2, 0.25) is 11.8 Å². The SMILES string of the molecule is COC1=N[C@H](C(C)C)C(OC)=NC1[C@@H]([SH+]CCO)C(C)C. The van der Waals surface area contributed by atoms with Crippen molar-refractivity contribution in [2.24, 2.45) is 21.8 Å². The molecule has 0 bridgehead atoms. The molecule has 0 saturated carbocycles. The van der Waals surface area contributed by atoms with Crippen LogP contribution in [0.3, 0.4) is 0 Å². The number of rotatable bonds is 6. The number of hydrogen-bond acceptors (Lipinski definition) is 5. The van der Waals surface area contributed by atoms with Crippen LogP contribution in [0, 0.1) is 11.8 Å². The molecule has 0 saturated heterocycles. The molecule has 1 unspecified atom stereocenters. The van der Waals surface area contributed by atoms with E-state index in [0.29, 0.717) is 23.6 Å². The molecule has 1 rings (SSSR count). The zero-order valence-electron chi connectivity index (χ0n) is 13.9. The van der Waals surface area contributed by atoms with Gasteiger partial charge in [-0.1, -0.05) is 27.7 Å². The van der Waals surface area contributed by atoms with Crippen LogP contribution in [-0.4, -0.2) is 60.8 Å². The Hall–Kier alpha value is -0.750. The maximum atomic E-state index is 9.10. The molecule has 1 N–H and O–H groups in total. The van der Waals surface area contributed by atoms with Gasteiger partial charge in [-0.25, -0.2) is 9.98 Å². The van der Waals surface area contributed by atoms with Crippen molar-refractivity contribution in [1.82, 2.24) is 0 Å². The molecule has 5 nitrogen and oxygen atoms in total. The Balaban J connectivity index is 3.07. The molecule has 1 aliphatic rings. The van der Waals surface area contributed by atoms with E-state index in [4.69, 9.17) is 24.6 Å². The van der Waals surface area contributed by atoms with E-state index in [1.807, 2.05) is 0 Å². The Bertz CT molecular complexity index is 383. The van der Waals surface area contributed by atoms with Crippen LogP contribution < -0.4 is 0 Å². The molecule has 0 aromatic carbocycles. The van der Waals surface area contributed by atoms with Crippen molar-refractivity contribution in [2.75, 3.05) is 26.6 Å². The maximum Gasteiger partial charge on any atom is 0.214 e. The van der Waals surface area contributed by atoms with Crippen molar-refractivity contribution in [3.63, 3.8) is 0 Å². The summed E-state index contributed by atoms with van der Waals surface area (Å²) in [6.45, 7) is 8.71. The van der Waals surface area contributed by atoms with E-state index in [1.165, 1.54) is 11.8 Å². The summed E-state index contributed by atoms with van der Waals surface area (Å²) in [5.74, 6) is 2.82. The average Bonchev–Trinajstić information content (AvgIpc) is 2.46. The van der Waals surface area contributed by atoms with E-state index >= 15 is 0 Å². The molecule has 1 aliphatic heterocycles. The van der Waals surface area contributed by atoms with E-state index in [1.54, 1.807) is 14.2 Å². The van der Waals surface area contributed by atoms with Gasteiger partial charge in [0, 0.05) is 5.92 Å². The predicted molar refractivity (Wildman–Crippen MR) is 90.6 cm³/mol. The molecule has 6 heteroatoms. The van der Waals surface area contributed by atoms with Crippen molar-refractivity contribution in [3.8, 4) is 0 Å². The normalized spacial score (nSPS) is 23.9. The number of ether oxygens (including phenoxy) is 2. The largest absolute Gasteiger partial charge is 0.483 e. The van der Waals surface area contributed by atoms with Crippen LogP contribution in [-0.2, 0) is 21.2 Å². The number of hydrogen-bond donors (Lipinski definition) is 1. The van der Waals surface area contributed by atoms with Crippen LogP contribution >= 0.6 is 0 Å². The molecule has 0 aromatic rings. The minimum absolute atomic E-state index is 0.0801. The molecule has 0 aromatic heterocycles. The predicted octanol–water partition coefficient (Wildman–Crippen LogP) is 1.31. The molecule has 122 valence electrons. The Morgan fingerprint density at radius 2 is 1.57 bits per heavy atom. The lowest BCUT2D eigenvalue weighted by molar-refractivity contribution is 0.320. The first kappa shape index (κ1) is 18.3. The highest BCUT2D eigenvalue weighted by Gasteiger charge is 2.40. The van der Waals surface area contributed by atoms with E-state index in [-0.39, 0.29) is 23.9 Å². The lowest BCUT2D eigenvalue weighted by Gasteiger charge is -2.29. The van der Waals surface area contributed by atoms with Crippen molar-refractivity contribution >= 4 is 23.6 Å². The molecule has 1 heterocycles. The first-order valence-electron chi connectivity index (χ1n) is 7.47. The zero-order chi connectivity index (χ0) is 16.0. The Morgan fingerprint density at radius 1 is 1.05 bits per heavy atom. The summed E-state index contributed by atoms with van der Waals surface area (Å²) in [4.78, 5) is 9.50. The highest BCUT2D eigenvalue weighted by atomic mass is 32.2. The summed E-state index contributed by atoms with van der Waals surface area (Å²) in [6.07, 6.45) is 0. The Kier molecular flexibility index (Phi) is 7.52. The molecule has 0 spiro atoms. The van der Waals surface area contributed by atoms with Crippen LogP contribution in [0.1, 0.15) is 27.7 Å². The molecule has 21 heavy (non-hydrogen) atoms. The zero-order valence-corrected chi connectivity index (χ0v) is 14.8. The standard InChI is InChI=1S/C15H28N2O3S/c1-9(2)11-14(19-5)17-12(15(16-11)20-6)13(10(3)4)21-8-7-18/h9-13,18H,7-8H2,1-6H3/p+1/t11-,12?,13+/m1/s1. The lowest BCUT2D eigenvalue weighted by Crippen LogP contribution is -2.45. The summed E-state index contributed by atoms with van der Waals surface area (Å²) in [5, 5.41) is 9.36. The summed E-state index contributed by atoms with van der Waals surface area (Å²) in [7, 11) is 3.30. The maximum absolute atomic E-state index is 9.10. The monoisotopic (exact) mass is 317 g/mol. The Morgan fingerprint density at radius 3 is 2.00 bits per heavy atom. The van der Waals surface area contributed by atoms with E-state index in [9.17, 15) is 0 Å². The van der Waals surface area contributed by atoms with Gasteiger partial charge in [-0.05, 0) is 17.7 Å². The molecule has 0 amide bonds.